The van der Waals surface area contributed by atoms with Crippen LogP contribution in [-0.2, 0) is 4.74 Å². The molecular weight excluding hydrogens is 152 g/mol. The lowest BCUT2D eigenvalue weighted by atomic mass is 10.2. The van der Waals surface area contributed by atoms with Crippen molar-refractivity contribution in [1.82, 2.24) is 4.90 Å². The third-order valence-corrected chi connectivity index (χ3v) is 2.31. The zero-order valence-corrected chi connectivity index (χ0v) is 7.62. The van der Waals surface area contributed by atoms with Crippen molar-refractivity contribution in [2.45, 2.75) is 25.3 Å². The highest BCUT2D eigenvalue weighted by Gasteiger charge is 2.22. The van der Waals surface area contributed by atoms with Crippen molar-refractivity contribution in [2.24, 2.45) is 0 Å². The molecule has 3 nitrogen and oxygen atoms in total. The van der Waals surface area contributed by atoms with E-state index in [4.69, 9.17) is 10.00 Å². The van der Waals surface area contributed by atoms with Gasteiger partial charge in [-0.3, -0.25) is 4.90 Å². The van der Waals surface area contributed by atoms with Gasteiger partial charge in [-0.15, -0.1) is 0 Å². The van der Waals surface area contributed by atoms with Gasteiger partial charge in [-0.05, 0) is 25.8 Å². The van der Waals surface area contributed by atoms with E-state index in [0.29, 0.717) is 0 Å². The molecule has 1 fully saturated rings. The fourth-order valence-corrected chi connectivity index (χ4v) is 1.65. The van der Waals surface area contributed by atoms with E-state index in [1.807, 2.05) is 0 Å². The Morgan fingerprint density at radius 1 is 1.67 bits per heavy atom. The normalized spacial score (nSPS) is 24.2. The molecule has 0 aliphatic carbocycles. The maximum absolute atomic E-state index is 8.77. The van der Waals surface area contributed by atoms with Gasteiger partial charge in [0.25, 0.3) is 0 Å². The minimum atomic E-state index is 0.168. The van der Waals surface area contributed by atoms with Gasteiger partial charge < -0.3 is 4.74 Å². The zero-order valence-electron chi connectivity index (χ0n) is 7.62. The summed E-state index contributed by atoms with van der Waals surface area (Å²) in [5, 5.41) is 8.77. The Morgan fingerprint density at radius 2 is 2.50 bits per heavy atom. The van der Waals surface area contributed by atoms with Crippen LogP contribution >= 0.6 is 0 Å². The fourth-order valence-electron chi connectivity index (χ4n) is 1.65. The SMILES string of the molecule is COCCCN1CCCC1C#N. The molecule has 1 unspecified atom stereocenters. The van der Waals surface area contributed by atoms with Gasteiger partial charge in [-0.2, -0.15) is 5.26 Å². The molecule has 0 amide bonds. The molecule has 1 saturated heterocycles. The Morgan fingerprint density at radius 3 is 3.17 bits per heavy atom. The van der Waals surface area contributed by atoms with E-state index in [1.165, 1.54) is 6.42 Å². The topological polar surface area (TPSA) is 36.3 Å². The number of methoxy groups -OCH3 is 1. The van der Waals surface area contributed by atoms with Crippen molar-refractivity contribution >= 4 is 0 Å². The van der Waals surface area contributed by atoms with Crippen molar-refractivity contribution in [3.63, 3.8) is 0 Å². The van der Waals surface area contributed by atoms with Gasteiger partial charge in [0.05, 0.1) is 12.1 Å². The van der Waals surface area contributed by atoms with Gasteiger partial charge in [0.15, 0.2) is 0 Å². The molecule has 0 spiro atoms. The number of hydrogen-bond acceptors (Lipinski definition) is 3. The number of rotatable bonds is 4. The highest BCUT2D eigenvalue weighted by Crippen LogP contribution is 2.15. The average Bonchev–Trinajstić information content (AvgIpc) is 2.52. The number of nitriles is 1. The number of nitrogens with zero attached hydrogens (tertiary/aromatic N) is 2. The number of likely N-dealkylation sites (tertiary alicyclic amines) is 1. The van der Waals surface area contributed by atoms with Crippen LogP contribution in [0.25, 0.3) is 0 Å². The van der Waals surface area contributed by atoms with Crippen molar-refractivity contribution < 1.29 is 4.74 Å². The maximum atomic E-state index is 8.77. The second-order valence-electron chi connectivity index (χ2n) is 3.17. The van der Waals surface area contributed by atoms with E-state index >= 15 is 0 Å². The summed E-state index contributed by atoms with van der Waals surface area (Å²) in [6.07, 6.45) is 3.25. The summed E-state index contributed by atoms with van der Waals surface area (Å²) in [5.74, 6) is 0. The van der Waals surface area contributed by atoms with Gasteiger partial charge in [-0.25, -0.2) is 0 Å². The molecule has 0 aromatic rings. The van der Waals surface area contributed by atoms with Crippen molar-refractivity contribution in [1.29, 1.82) is 5.26 Å². The first-order chi connectivity index (χ1) is 5.88. The molecule has 1 aliphatic rings. The Hall–Kier alpha value is -0.590. The summed E-state index contributed by atoms with van der Waals surface area (Å²) in [6.45, 7) is 2.89. The Labute approximate surface area is 73.9 Å². The monoisotopic (exact) mass is 168 g/mol. The average molecular weight is 168 g/mol. The maximum Gasteiger partial charge on any atom is 0.0978 e. The van der Waals surface area contributed by atoms with Crippen LogP contribution in [0, 0.1) is 11.3 Å². The van der Waals surface area contributed by atoms with Gasteiger partial charge in [-0.1, -0.05) is 0 Å². The lowest BCUT2D eigenvalue weighted by molar-refractivity contribution is 0.174. The summed E-state index contributed by atoms with van der Waals surface area (Å²) in [7, 11) is 1.71. The largest absolute Gasteiger partial charge is 0.385 e. The Kier molecular flexibility index (Phi) is 4.06. The smallest absolute Gasteiger partial charge is 0.0978 e. The third kappa shape index (κ3) is 2.47. The molecular formula is C9H16N2O. The summed E-state index contributed by atoms with van der Waals surface area (Å²) < 4.78 is 4.96. The molecule has 1 heterocycles. The molecule has 0 N–H and O–H groups in total. The molecule has 0 bridgehead atoms. The standard InChI is InChI=1S/C9H16N2O/c1-12-7-3-6-11-5-2-4-9(11)8-10/h9H,2-7H2,1H3. The summed E-state index contributed by atoms with van der Waals surface area (Å²) in [4.78, 5) is 2.25. The van der Waals surface area contributed by atoms with Crippen LogP contribution in [0.3, 0.4) is 0 Å². The second kappa shape index (κ2) is 5.13. The lowest BCUT2D eigenvalue weighted by Gasteiger charge is -2.17. The highest BCUT2D eigenvalue weighted by atomic mass is 16.5. The van der Waals surface area contributed by atoms with Gasteiger partial charge >= 0.3 is 0 Å². The van der Waals surface area contributed by atoms with Crippen molar-refractivity contribution in [3.05, 3.63) is 0 Å². The molecule has 0 aromatic heterocycles. The minimum Gasteiger partial charge on any atom is -0.385 e. The van der Waals surface area contributed by atoms with Crippen molar-refractivity contribution in [2.75, 3.05) is 26.8 Å². The van der Waals surface area contributed by atoms with Gasteiger partial charge in [0.1, 0.15) is 0 Å². The summed E-state index contributed by atoms with van der Waals surface area (Å²) in [6, 6.07) is 2.49. The van der Waals surface area contributed by atoms with E-state index in [-0.39, 0.29) is 6.04 Å². The van der Waals surface area contributed by atoms with Gasteiger partial charge in [0, 0.05) is 20.3 Å². The molecule has 0 aromatic carbocycles. The van der Waals surface area contributed by atoms with E-state index in [9.17, 15) is 0 Å². The molecule has 0 saturated carbocycles. The van der Waals surface area contributed by atoms with Crippen molar-refractivity contribution in [3.8, 4) is 6.07 Å². The van der Waals surface area contributed by atoms with Crippen LogP contribution in [-0.4, -0.2) is 37.7 Å². The number of hydrogen-bond donors (Lipinski definition) is 0. The number of ether oxygens (including phenoxy) is 1. The van der Waals surface area contributed by atoms with Crippen LogP contribution in [0.1, 0.15) is 19.3 Å². The third-order valence-electron chi connectivity index (χ3n) is 2.31. The van der Waals surface area contributed by atoms with E-state index < -0.39 is 0 Å². The Bertz CT molecular complexity index is 164. The molecule has 0 radical (unpaired) electrons. The van der Waals surface area contributed by atoms with E-state index in [2.05, 4.69) is 11.0 Å². The molecule has 3 heteroatoms. The van der Waals surface area contributed by atoms with Gasteiger partial charge in [0.2, 0.25) is 0 Å². The predicted octanol–water partition coefficient (Wildman–Crippen LogP) is 1.01. The first-order valence-corrected chi connectivity index (χ1v) is 4.51. The van der Waals surface area contributed by atoms with Crippen LogP contribution in [0.2, 0.25) is 0 Å². The molecule has 12 heavy (non-hydrogen) atoms. The lowest BCUT2D eigenvalue weighted by Crippen LogP contribution is -2.29. The molecule has 1 atom stereocenters. The first kappa shape index (κ1) is 9.50. The molecule has 68 valence electrons. The highest BCUT2D eigenvalue weighted by molar-refractivity contribution is 4.95. The Balaban J connectivity index is 2.18. The quantitative estimate of drug-likeness (QED) is 0.588. The van der Waals surface area contributed by atoms with Crippen LogP contribution in [0.15, 0.2) is 0 Å². The zero-order chi connectivity index (χ0) is 8.81. The minimum absolute atomic E-state index is 0.168. The fraction of sp³-hybridized carbons (Fsp3) is 0.889. The van der Waals surface area contributed by atoms with Crippen LogP contribution in [0.5, 0.6) is 0 Å². The van der Waals surface area contributed by atoms with E-state index in [1.54, 1.807) is 7.11 Å². The molecule has 1 aliphatic heterocycles. The predicted molar refractivity (Wildman–Crippen MR) is 46.7 cm³/mol. The summed E-state index contributed by atoms with van der Waals surface area (Å²) >= 11 is 0. The molecule has 1 rings (SSSR count). The summed E-state index contributed by atoms with van der Waals surface area (Å²) in [5.41, 5.74) is 0. The second-order valence-corrected chi connectivity index (χ2v) is 3.17. The van der Waals surface area contributed by atoms with Crippen LogP contribution in [0.4, 0.5) is 0 Å². The van der Waals surface area contributed by atoms with Crippen LogP contribution < -0.4 is 0 Å². The van der Waals surface area contributed by atoms with E-state index in [0.717, 1.165) is 32.5 Å². The first-order valence-electron chi connectivity index (χ1n) is 4.51.